The van der Waals surface area contributed by atoms with Gasteiger partial charge < -0.3 is 0 Å². The third kappa shape index (κ3) is 5.30. The fraction of sp³-hybridized carbons (Fsp3) is 0. The third-order valence-electron chi connectivity index (χ3n) is 10.2. The van der Waals surface area contributed by atoms with E-state index >= 15 is 0 Å². The topological polar surface area (TPSA) is 0 Å². The average molecular weight is 671 g/mol. The summed E-state index contributed by atoms with van der Waals surface area (Å²) in [5, 5.41) is 11.0. The molecule has 2 heteroatoms. The lowest BCUT2D eigenvalue weighted by molar-refractivity contribution is 1.62. The van der Waals surface area contributed by atoms with E-state index in [0.717, 1.165) is 0 Å². The first-order valence-electron chi connectivity index (χ1n) is 17.4. The van der Waals surface area contributed by atoms with Crippen molar-refractivity contribution in [1.29, 1.82) is 0 Å². The Morgan fingerprint density at radius 2 is 0.360 bits per heavy atom. The number of benzene rings is 8. The Labute approximate surface area is 298 Å². The standard InChI is InChI=1S/C48H38Si2/c1-7-23-39(24-8-1)49(40-25-9-2-10-26-40,41-27-11-3-12-28-41)47-37-21-19-35-45(47)46-36-20-22-38-48(46)50(42-29-13-4-14-30-42,43-31-15-5-16-32-43)44-33-17-6-18-34-44/h1-38H. The van der Waals surface area contributed by atoms with Crippen LogP contribution in [0.1, 0.15) is 0 Å². The van der Waals surface area contributed by atoms with Crippen molar-refractivity contribution in [2.45, 2.75) is 0 Å². The minimum Gasteiger partial charge on any atom is -0.0623 e. The van der Waals surface area contributed by atoms with Crippen LogP contribution in [0.2, 0.25) is 0 Å². The molecule has 0 spiro atoms. The molecule has 0 fully saturated rings. The molecule has 8 aromatic carbocycles. The smallest absolute Gasteiger partial charge is 0.0623 e. The highest BCUT2D eigenvalue weighted by atomic mass is 28.3. The van der Waals surface area contributed by atoms with Gasteiger partial charge in [0.15, 0.2) is 16.1 Å². The van der Waals surface area contributed by atoms with Crippen LogP contribution in [-0.2, 0) is 0 Å². The SMILES string of the molecule is c1ccc([Si](c2ccccc2)(c2ccccc2)c2ccccc2-c2ccccc2[Si](c2ccccc2)(c2ccccc2)c2ccccc2)cc1. The van der Waals surface area contributed by atoms with Crippen molar-refractivity contribution < 1.29 is 0 Å². The van der Waals surface area contributed by atoms with Crippen LogP contribution in [-0.4, -0.2) is 16.1 Å². The third-order valence-corrected chi connectivity index (χ3v) is 19.9. The maximum atomic E-state index is 2.42. The van der Waals surface area contributed by atoms with Gasteiger partial charge in [-0.1, -0.05) is 231 Å². The van der Waals surface area contributed by atoms with E-state index in [4.69, 9.17) is 0 Å². The molecule has 0 saturated heterocycles. The molecule has 238 valence electrons. The monoisotopic (exact) mass is 670 g/mol. The number of rotatable bonds is 9. The van der Waals surface area contributed by atoms with Gasteiger partial charge in [-0.05, 0) is 52.6 Å². The maximum Gasteiger partial charge on any atom is 0.180 e. The van der Waals surface area contributed by atoms with Gasteiger partial charge >= 0.3 is 0 Å². The Bertz CT molecular complexity index is 1930. The summed E-state index contributed by atoms with van der Waals surface area (Å²) in [6.45, 7) is 0. The zero-order valence-corrected chi connectivity index (χ0v) is 29.9. The average Bonchev–Trinajstić information content (AvgIpc) is 3.21. The Balaban J connectivity index is 1.52. The molecule has 0 saturated carbocycles. The van der Waals surface area contributed by atoms with Crippen LogP contribution in [0.15, 0.2) is 231 Å². The molecule has 0 aliphatic rings. The molecule has 0 unspecified atom stereocenters. The fourth-order valence-electron chi connectivity index (χ4n) is 8.15. The highest BCUT2D eigenvalue weighted by Gasteiger charge is 2.46. The van der Waals surface area contributed by atoms with Crippen molar-refractivity contribution >= 4 is 57.6 Å². The van der Waals surface area contributed by atoms with Crippen molar-refractivity contribution in [2.75, 3.05) is 0 Å². The summed E-state index contributed by atoms with van der Waals surface area (Å²) in [6.07, 6.45) is 0. The van der Waals surface area contributed by atoms with E-state index in [1.54, 1.807) is 0 Å². The van der Waals surface area contributed by atoms with Crippen molar-refractivity contribution in [3.05, 3.63) is 231 Å². The number of hydrogen-bond donors (Lipinski definition) is 0. The van der Waals surface area contributed by atoms with E-state index < -0.39 is 16.1 Å². The van der Waals surface area contributed by atoms with Crippen LogP contribution >= 0.6 is 0 Å². The quantitative estimate of drug-likeness (QED) is 0.129. The van der Waals surface area contributed by atoms with Crippen LogP contribution in [0.3, 0.4) is 0 Å². The molecule has 0 radical (unpaired) electrons. The lowest BCUT2D eigenvalue weighted by Gasteiger charge is -2.38. The van der Waals surface area contributed by atoms with Gasteiger partial charge in [0.05, 0.1) is 0 Å². The second kappa shape index (κ2) is 14.0. The van der Waals surface area contributed by atoms with Crippen LogP contribution < -0.4 is 41.5 Å². The van der Waals surface area contributed by atoms with Gasteiger partial charge in [-0.15, -0.1) is 0 Å². The molecule has 0 aliphatic carbocycles. The van der Waals surface area contributed by atoms with Crippen LogP contribution in [0.4, 0.5) is 0 Å². The van der Waals surface area contributed by atoms with Crippen molar-refractivity contribution in [2.24, 2.45) is 0 Å². The summed E-state index contributed by atoms with van der Waals surface area (Å²) in [6, 6.07) is 86.1. The normalized spacial score (nSPS) is 11.6. The van der Waals surface area contributed by atoms with Gasteiger partial charge in [0.2, 0.25) is 0 Å². The molecule has 0 bridgehead atoms. The lowest BCUT2D eigenvalue weighted by atomic mass is 10.1. The summed E-state index contributed by atoms with van der Waals surface area (Å²) in [5.74, 6) is 0. The van der Waals surface area contributed by atoms with Gasteiger partial charge in [-0.25, -0.2) is 0 Å². The van der Waals surface area contributed by atoms with E-state index in [-0.39, 0.29) is 0 Å². The lowest BCUT2D eigenvalue weighted by Crippen LogP contribution is -2.76. The van der Waals surface area contributed by atoms with Crippen molar-refractivity contribution in [3.63, 3.8) is 0 Å². The summed E-state index contributed by atoms with van der Waals surface area (Å²) in [7, 11) is -5.66. The summed E-state index contributed by atoms with van der Waals surface area (Å²) in [4.78, 5) is 0. The first kappa shape index (κ1) is 31.5. The molecule has 0 atom stereocenters. The van der Waals surface area contributed by atoms with E-state index in [2.05, 4.69) is 231 Å². The van der Waals surface area contributed by atoms with E-state index in [0.29, 0.717) is 0 Å². The number of hydrogen-bond acceptors (Lipinski definition) is 0. The van der Waals surface area contributed by atoms with Gasteiger partial charge in [0.1, 0.15) is 0 Å². The fourth-order valence-corrected chi connectivity index (χ4v) is 18.1. The van der Waals surface area contributed by atoms with E-state index in [1.165, 1.54) is 52.6 Å². The highest BCUT2D eigenvalue weighted by molar-refractivity contribution is 7.21. The van der Waals surface area contributed by atoms with Crippen LogP contribution in [0.5, 0.6) is 0 Å². The Hall–Kier alpha value is -5.81. The molecule has 8 rings (SSSR count). The second-order valence-corrected chi connectivity index (χ2v) is 20.3. The second-order valence-electron chi connectivity index (χ2n) is 12.8. The maximum absolute atomic E-state index is 2.83. The van der Waals surface area contributed by atoms with E-state index in [1.807, 2.05) is 0 Å². The van der Waals surface area contributed by atoms with Crippen molar-refractivity contribution in [3.8, 4) is 11.1 Å². The Morgan fingerprint density at radius 1 is 0.180 bits per heavy atom. The minimum absolute atomic E-state index is 1.30. The van der Waals surface area contributed by atoms with E-state index in [9.17, 15) is 0 Å². The zero-order chi connectivity index (χ0) is 33.6. The molecular formula is C48H38Si2. The molecule has 0 nitrogen and oxygen atoms in total. The molecule has 0 aliphatic heterocycles. The molecule has 50 heavy (non-hydrogen) atoms. The van der Waals surface area contributed by atoms with Gasteiger partial charge in [0, 0.05) is 0 Å². The minimum atomic E-state index is -2.83. The first-order chi connectivity index (χ1) is 24.8. The molecule has 0 N–H and O–H groups in total. The predicted molar refractivity (Wildman–Crippen MR) is 219 cm³/mol. The first-order valence-corrected chi connectivity index (χ1v) is 21.4. The Morgan fingerprint density at radius 3 is 0.580 bits per heavy atom. The molecule has 0 aromatic heterocycles. The molecular weight excluding hydrogens is 633 g/mol. The largest absolute Gasteiger partial charge is 0.180 e. The van der Waals surface area contributed by atoms with Crippen LogP contribution in [0, 0.1) is 0 Å². The van der Waals surface area contributed by atoms with Crippen LogP contribution in [0.25, 0.3) is 11.1 Å². The highest BCUT2D eigenvalue weighted by Crippen LogP contribution is 2.24. The summed E-state index contributed by atoms with van der Waals surface area (Å²) < 4.78 is 0. The summed E-state index contributed by atoms with van der Waals surface area (Å²) in [5.41, 5.74) is 2.59. The van der Waals surface area contributed by atoms with Gasteiger partial charge in [-0.3, -0.25) is 0 Å². The zero-order valence-electron chi connectivity index (χ0n) is 27.9. The Kier molecular flexibility index (Phi) is 8.79. The predicted octanol–water partition coefficient (Wildman–Crippen LogP) is 6.11. The summed E-state index contributed by atoms with van der Waals surface area (Å²) >= 11 is 0. The molecule has 0 heterocycles. The van der Waals surface area contributed by atoms with Gasteiger partial charge in [-0.2, -0.15) is 0 Å². The van der Waals surface area contributed by atoms with Gasteiger partial charge in [0.25, 0.3) is 0 Å². The molecule has 0 amide bonds. The molecule has 8 aromatic rings. The van der Waals surface area contributed by atoms with Crippen molar-refractivity contribution in [1.82, 2.24) is 0 Å².